The summed E-state index contributed by atoms with van der Waals surface area (Å²) in [4.78, 5) is 16.8. The number of benzene rings is 1. The number of anilines is 1. The van der Waals surface area contributed by atoms with E-state index in [2.05, 4.69) is 10.3 Å². The van der Waals surface area contributed by atoms with Crippen LogP contribution in [0.15, 0.2) is 36.7 Å². The van der Waals surface area contributed by atoms with Crippen molar-refractivity contribution in [1.82, 2.24) is 4.98 Å². The Morgan fingerprint density at radius 2 is 2.14 bits per heavy atom. The molecule has 5 nitrogen and oxygen atoms in total. The third kappa shape index (κ3) is 2.62. The van der Waals surface area contributed by atoms with Gasteiger partial charge in [0, 0.05) is 37.5 Å². The minimum atomic E-state index is -0.525. The van der Waals surface area contributed by atoms with Crippen molar-refractivity contribution in [2.75, 3.05) is 25.1 Å². The molecule has 0 saturated carbocycles. The van der Waals surface area contributed by atoms with Crippen molar-refractivity contribution in [3.63, 3.8) is 0 Å². The molecule has 2 aromatic rings. The first-order valence-electron chi connectivity index (χ1n) is 7.17. The summed E-state index contributed by atoms with van der Waals surface area (Å²) in [6.45, 7) is 1.51. The average Bonchev–Trinajstić information content (AvgIpc) is 2.56. The number of nitrogens with two attached hydrogens (primary N) is 1. The Kier molecular flexibility index (Phi) is 3.86. The molecule has 1 aliphatic heterocycles. The second-order valence-electron chi connectivity index (χ2n) is 5.45. The van der Waals surface area contributed by atoms with Crippen LogP contribution in [-0.2, 0) is 9.53 Å². The number of ether oxygens (including phenoxy) is 1. The van der Waals surface area contributed by atoms with Crippen LogP contribution in [0.3, 0.4) is 0 Å². The van der Waals surface area contributed by atoms with Gasteiger partial charge in [0.05, 0.1) is 11.1 Å². The molecule has 2 heterocycles. The molecule has 1 fully saturated rings. The Morgan fingerprint density at radius 1 is 1.33 bits per heavy atom. The van der Waals surface area contributed by atoms with Crippen LogP contribution in [0, 0.1) is 5.41 Å². The van der Waals surface area contributed by atoms with Gasteiger partial charge in [0.2, 0.25) is 5.91 Å². The summed E-state index contributed by atoms with van der Waals surface area (Å²) in [5.74, 6) is -0.0235. The highest BCUT2D eigenvalue weighted by molar-refractivity contribution is 6.03. The smallest absolute Gasteiger partial charge is 0.232 e. The molecule has 1 aromatic carbocycles. The van der Waals surface area contributed by atoms with Gasteiger partial charge in [0.15, 0.2) is 0 Å². The maximum Gasteiger partial charge on any atom is 0.232 e. The predicted molar refractivity (Wildman–Crippen MR) is 81.9 cm³/mol. The van der Waals surface area contributed by atoms with Crippen molar-refractivity contribution in [1.29, 1.82) is 0 Å². The van der Waals surface area contributed by atoms with Gasteiger partial charge in [-0.25, -0.2) is 0 Å². The molecule has 0 spiro atoms. The molecular weight excluding hydrogens is 266 g/mol. The van der Waals surface area contributed by atoms with Gasteiger partial charge in [-0.2, -0.15) is 0 Å². The van der Waals surface area contributed by atoms with Crippen molar-refractivity contribution < 1.29 is 9.53 Å². The van der Waals surface area contributed by atoms with Crippen molar-refractivity contribution in [3.05, 3.63) is 36.7 Å². The molecule has 1 amide bonds. The Balaban J connectivity index is 1.89. The fourth-order valence-corrected chi connectivity index (χ4v) is 2.76. The van der Waals surface area contributed by atoms with E-state index >= 15 is 0 Å². The van der Waals surface area contributed by atoms with Gasteiger partial charge in [-0.05, 0) is 30.4 Å². The number of hydrogen-bond donors (Lipinski definition) is 2. The summed E-state index contributed by atoms with van der Waals surface area (Å²) in [5, 5.41) is 5.02. The summed E-state index contributed by atoms with van der Waals surface area (Å²) >= 11 is 0. The molecule has 1 aromatic heterocycles. The van der Waals surface area contributed by atoms with Crippen LogP contribution in [0.1, 0.15) is 12.8 Å². The molecule has 0 aliphatic carbocycles. The Labute approximate surface area is 123 Å². The van der Waals surface area contributed by atoms with E-state index in [-0.39, 0.29) is 5.91 Å². The van der Waals surface area contributed by atoms with Crippen LogP contribution in [-0.4, -0.2) is 30.6 Å². The van der Waals surface area contributed by atoms with Crippen molar-refractivity contribution >= 4 is 22.4 Å². The van der Waals surface area contributed by atoms with Crippen LogP contribution in [0.4, 0.5) is 5.69 Å². The first-order chi connectivity index (χ1) is 10.2. The second kappa shape index (κ2) is 5.79. The van der Waals surface area contributed by atoms with Crippen LogP contribution in [0.5, 0.6) is 0 Å². The zero-order valence-corrected chi connectivity index (χ0v) is 11.8. The second-order valence-corrected chi connectivity index (χ2v) is 5.45. The zero-order chi connectivity index (χ0) is 14.7. The number of pyridine rings is 1. The van der Waals surface area contributed by atoms with Crippen molar-refractivity contribution in [2.24, 2.45) is 11.1 Å². The number of carbonyl (C=O) groups is 1. The number of nitrogens with one attached hydrogen (secondary N) is 1. The largest absolute Gasteiger partial charge is 0.381 e. The number of carbonyl (C=O) groups excluding carboxylic acids is 1. The highest BCUT2D eigenvalue weighted by Gasteiger charge is 2.38. The summed E-state index contributed by atoms with van der Waals surface area (Å²) in [6, 6.07) is 7.75. The van der Waals surface area contributed by atoms with E-state index in [1.54, 1.807) is 12.4 Å². The van der Waals surface area contributed by atoms with Gasteiger partial charge in [0.25, 0.3) is 0 Å². The average molecular weight is 285 g/mol. The van der Waals surface area contributed by atoms with Crippen LogP contribution >= 0.6 is 0 Å². The van der Waals surface area contributed by atoms with E-state index < -0.39 is 5.41 Å². The highest BCUT2D eigenvalue weighted by Crippen LogP contribution is 2.32. The van der Waals surface area contributed by atoms with Gasteiger partial charge in [0.1, 0.15) is 0 Å². The third-order valence-corrected chi connectivity index (χ3v) is 4.25. The van der Waals surface area contributed by atoms with E-state index in [9.17, 15) is 4.79 Å². The number of fused-ring (bicyclic) bond motifs is 1. The number of nitrogens with zero attached hydrogens (tertiary/aromatic N) is 1. The number of aromatic nitrogens is 1. The molecule has 0 unspecified atom stereocenters. The Morgan fingerprint density at radius 3 is 2.90 bits per heavy atom. The van der Waals surface area contributed by atoms with Gasteiger partial charge >= 0.3 is 0 Å². The van der Waals surface area contributed by atoms with Gasteiger partial charge in [-0.1, -0.05) is 12.1 Å². The van der Waals surface area contributed by atoms with Gasteiger partial charge in [-0.15, -0.1) is 0 Å². The molecule has 3 N–H and O–H groups in total. The minimum absolute atomic E-state index is 0.0235. The molecule has 0 bridgehead atoms. The van der Waals surface area contributed by atoms with Crippen LogP contribution < -0.4 is 11.1 Å². The molecule has 110 valence electrons. The third-order valence-electron chi connectivity index (χ3n) is 4.25. The molecule has 1 saturated heterocycles. The lowest BCUT2D eigenvalue weighted by Gasteiger charge is -2.34. The molecule has 0 radical (unpaired) electrons. The fourth-order valence-electron chi connectivity index (χ4n) is 2.76. The summed E-state index contributed by atoms with van der Waals surface area (Å²) in [7, 11) is 0. The van der Waals surface area contributed by atoms with Crippen molar-refractivity contribution in [2.45, 2.75) is 12.8 Å². The molecular formula is C16H19N3O2. The molecule has 5 heteroatoms. The zero-order valence-electron chi connectivity index (χ0n) is 11.8. The SMILES string of the molecule is NCC1(C(=O)Nc2cccc3ccncc23)CCOCC1. The minimum Gasteiger partial charge on any atom is -0.381 e. The number of amides is 1. The first kappa shape index (κ1) is 14.0. The maximum absolute atomic E-state index is 12.7. The van der Waals surface area contributed by atoms with Crippen molar-refractivity contribution in [3.8, 4) is 0 Å². The normalized spacial score (nSPS) is 17.6. The quantitative estimate of drug-likeness (QED) is 0.903. The maximum atomic E-state index is 12.7. The Hall–Kier alpha value is -1.98. The molecule has 0 atom stereocenters. The summed E-state index contributed by atoms with van der Waals surface area (Å²) in [6.07, 6.45) is 4.84. The predicted octanol–water partition coefficient (Wildman–Crippen LogP) is 1.93. The fraction of sp³-hybridized carbons (Fsp3) is 0.375. The van der Waals surface area contributed by atoms with E-state index in [1.165, 1.54) is 0 Å². The lowest BCUT2D eigenvalue weighted by atomic mass is 9.79. The number of rotatable bonds is 3. The lowest BCUT2D eigenvalue weighted by Crippen LogP contribution is -2.46. The summed E-state index contributed by atoms with van der Waals surface area (Å²) in [5.41, 5.74) is 6.13. The van der Waals surface area contributed by atoms with Gasteiger partial charge < -0.3 is 15.8 Å². The highest BCUT2D eigenvalue weighted by atomic mass is 16.5. The monoisotopic (exact) mass is 285 g/mol. The molecule has 21 heavy (non-hydrogen) atoms. The van der Waals surface area contributed by atoms with Crippen LogP contribution in [0.2, 0.25) is 0 Å². The number of hydrogen-bond acceptors (Lipinski definition) is 4. The Bertz CT molecular complexity index is 646. The topological polar surface area (TPSA) is 77.2 Å². The standard InChI is InChI=1S/C16H19N3O2/c17-11-16(5-8-21-9-6-16)15(20)19-14-3-1-2-12-4-7-18-10-13(12)14/h1-4,7,10H,5-6,8-9,11,17H2,(H,19,20). The van der Waals surface area contributed by atoms with E-state index in [1.807, 2.05) is 24.3 Å². The van der Waals surface area contributed by atoms with Gasteiger partial charge in [-0.3, -0.25) is 9.78 Å². The van der Waals surface area contributed by atoms with E-state index in [0.717, 1.165) is 16.5 Å². The molecule has 3 rings (SSSR count). The lowest BCUT2D eigenvalue weighted by molar-refractivity contribution is -0.130. The van der Waals surface area contributed by atoms with E-state index in [4.69, 9.17) is 10.5 Å². The van der Waals surface area contributed by atoms with E-state index in [0.29, 0.717) is 32.6 Å². The molecule has 1 aliphatic rings. The summed E-state index contributed by atoms with van der Waals surface area (Å²) < 4.78 is 5.35. The van der Waals surface area contributed by atoms with Crippen LogP contribution in [0.25, 0.3) is 10.8 Å². The first-order valence-corrected chi connectivity index (χ1v) is 7.17.